The summed E-state index contributed by atoms with van der Waals surface area (Å²) in [6.45, 7) is 3.68. The minimum Gasteiger partial charge on any atom is -0.478 e. The monoisotopic (exact) mass is 214 g/mol. The topological polar surface area (TPSA) is 37.3 Å². The summed E-state index contributed by atoms with van der Waals surface area (Å²) in [5, 5.41) is 9.61. The summed E-state index contributed by atoms with van der Waals surface area (Å²) in [6.07, 6.45) is 0. The van der Waals surface area contributed by atoms with Crippen molar-refractivity contribution in [3.05, 3.63) is 29.1 Å². The Kier molecular flexibility index (Phi) is 3.22. The van der Waals surface area contributed by atoms with Crippen molar-refractivity contribution in [2.75, 3.05) is 0 Å². The van der Waals surface area contributed by atoms with Crippen molar-refractivity contribution in [1.82, 2.24) is 0 Å². The van der Waals surface area contributed by atoms with Gasteiger partial charge in [-0.2, -0.15) is 0 Å². The first-order valence-electron chi connectivity index (χ1n) is 4.26. The number of rotatable bonds is 2. The van der Waals surface area contributed by atoms with Gasteiger partial charge in [-0.25, -0.2) is 9.18 Å². The van der Waals surface area contributed by atoms with Crippen molar-refractivity contribution in [1.29, 1.82) is 0 Å². The minimum atomic E-state index is -1.21. The molecule has 0 amide bonds. The molecule has 1 unspecified atom stereocenters. The molecule has 0 heterocycles. The quantitative estimate of drug-likeness (QED) is 0.766. The van der Waals surface area contributed by atoms with Crippen LogP contribution in [-0.2, 0) is 0 Å². The van der Waals surface area contributed by atoms with Crippen LogP contribution in [0.25, 0.3) is 0 Å². The van der Waals surface area contributed by atoms with Gasteiger partial charge < -0.3 is 5.11 Å². The van der Waals surface area contributed by atoms with Gasteiger partial charge in [0, 0.05) is 0 Å². The SMILES string of the molecule is CC(C)c1c(P)ccc(F)c1C(=O)O. The maximum absolute atomic E-state index is 13.3. The highest BCUT2D eigenvalue weighted by Gasteiger charge is 2.19. The number of carbonyl (C=O) groups is 1. The average Bonchev–Trinajstić information content (AvgIpc) is 2.07. The molecule has 0 aromatic heterocycles. The van der Waals surface area contributed by atoms with Gasteiger partial charge in [0.1, 0.15) is 5.82 Å². The van der Waals surface area contributed by atoms with E-state index in [9.17, 15) is 9.18 Å². The molecule has 0 aliphatic carbocycles. The molecule has 0 aliphatic rings. The second-order valence-electron chi connectivity index (χ2n) is 3.39. The van der Waals surface area contributed by atoms with Crippen LogP contribution in [-0.4, -0.2) is 11.1 Å². The molecule has 1 N–H and O–H groups in total. The highest BCUT2D eigenvalue weighted by atomic mass is 31.0. The van der Waals surface area contributed by atoms with E-state index in [1.165, 1.54) is 6.07 Å². The van der Waals surface area contributed by atoms with Gasteiger partial charge in [0.05, 0.1) is 5.56 Å². The molecular weight excluding hydrogens is 202 g/mol. The summed E-state index contributed by atoms with van der Waals surface area (Å²) in [5.41, 5.74) is 0.329. The van der Waals surface area contributed by atoms with Gasteiger partial charge in [0.25, 0.3) is 0 Å². The fourth-order valence-corrected chi connectivity index (χ4v) is 2.02. The zero-order valence-corrected chi connectivity index (χ0v) is 9.20. The van der Waals surface area contributed by atoms with Gasteiger partial charge in [-0.1, -0.05) is 19.9 Å². The van der Waals surface area contributed by atoms with Crippen LogP contribution in [0.5, 0.6) is 0 Å². The zero-order chi connectivity index (χ0) is 10.9. The molecule has 0 radical (unpaired) electrons. The molecule has 2 nitrogen and oxygen atoms in total. The molecule has 1 rings (SSSR count). The molecule has 0 saturated carbocycles. The van der Waals surface area contributed by atoms with Crippen molar-refractivity contribution in [2.45, 2.75) is 19.8 Å². The molecular formula is C10H12FO2P. The molecule has 14 heavy (non-hydrogen) atoms. The molecule has 0 bridgehead atoms. The number of aromatic carboxylic acids is 1. The normalized spacial score (nSPS) is 10.6. The molecule has 76 valence electrons. The molecule has 0 aliphatic heterocycles. The Bertz CT molecular complexity index is 375. The third-order valence-electron chi connectivity index (χ3n) is 2.02. The van der Waals surface area contributed by atoms with Crippen LogP contribution in [0, 0.1) is 5.82 Å². The van der Waals surface area contributed by atoms with Gasteiger partial charge in [0.2, 0.25) is 0 Å². The second-order valence-corrected chi connectivity index (χ2v) is 4.01. The second kappa shape index (κ2) is 4.05. The third kappa shape index (κ3) is 1.93. The Morgan fingerprint density at radius 3 is 2.43 bits per heavy atom. The molecule has 1 aromatic carbocycles. The van der Waals surface area contributed by atoms with E-state index in [1.54, 1.807) is 6.07 Å². The largest absolute Gasteiger partial charge is 0.478 e. The van der Waals surface area contributed by atoms with Gasteiger partial charge in [-0.15, -0.1) is 9.24 Å². The lowest BCUT2D eigenvalue weighted by atomic mass is 9.96. The number of hydrogen-bond donors (Lipinski definition) is 1. The Morgan fingerprint density at radius 1 is 1.50 bits per heavy atom. The fourth-order valence-electron chi connectivity index (χ4n) is 1.45. The highest BCUT2D eigenvalue weighted by molar-refractivity contribution is 7.27. The molecule has 4 heteroatoms. The lowest BCUT2D eigenvalue weighted by molar-refractivity contribution is 0.0690. The predicted octanol–water partition coefficient (Wildman–Crippen LogP) is 2.15. The van der Waals surface area contributed by atoms with Crippen LogP contribution in [0.3, 0.4) is 0 Å². The summed E-state index contributed by atoms with van der Waals surface area (Å²) in [4.78, 5) is 10.8. The lowest BCUT2D eigenvalue weighted by Crippen LogP contribution is -2.14. The van der Waals surface area contributed by atoms with E-state index in [0.29, 0.717) is 5.56 Å². The van der Waals surface area contributed by atoms with E-state index in [1.807, 2.05) is 13.8 Å². The van der Waals surface area contributed by atoms with Crippen molar-refractivity contribution < 1.29 is 14.3 Å². The number of halogens is 1. The molecule has 0 fully saturated rings. The first kappa shape index (κ1) is 11.1. The Hall–Kier alpha value is -0.950. The summed E-state index contributed by atoms with van der Waals surface area (Å²) < 4.78 is 13.3. The number of hydrogen-bond acceptors (Lipinski definition) is 1. The number of carboxylic acid groups (broad SMARTS) is 1. The molecule has 1 atom stereocenters. The standard InChI is InChI=1S/C10H12FO2P/c1-5(2)8-7(14)4-3-6(11)9(8)10(12)13/h3-5H,14H2,1-2H3,(H,12,13). The van der Waals surface area contributed by atoms with E-state index in [0.717, 1.165) is 5.30 Å². The van der Waals surface area contributed by atoms with Gasteiger partial charge in [0.15, 0.2) is 0 Å². The van der Waals surface area contributed by atoms with Crippen molar-refractivity contribution in [3.8, 4) is 0 Å². The zero-order valence-electron chi connectivity index (χ0n) is 8.04. The van der Waals surface area contributed by atoms with Crippen LogP contribution in [0.4, 0.5) is 4.39 Å². The van der Waals surface area contributed by atoms with Gasteiger partial charge >= 0.3 is 5.97 Å². The molecule has 0 spiro atoms. The fraction of sp³-hybridized carbons (Fsp3) is 0.300. The summed E-state index contributed by atoms with van der Waals surface area (Å²) in [7, 11) is 2.43. The van der Waals surface area contributed by atoms with Crippen molar-refractivity contribution >= 4 is 20.5 Å². The number of carboxylic acids is 1. The van der Waals surface area contributed by atoms with Crippen LogP contribution in [0.15, 0.2) is 12.1 Å². The molecule has 0 saturated heterocycles. The third-order valence-corrected chi connectivity index (χ3v) is 2.52. The smallest absolute Gasteiger partial charge is 0.338 e. The van der Waals surface area contributed by atoms with Crippen LogP contribution in [0.2, 0.25) is 0 Å². The van der Waals surface area contributed by atoms with E-state index in [4.69, 9.17) is 5.11 Å². The maximum atomic E-state index is 13.3. The predicted molar refractivity (Wildman–Crippen MR) is 56.8 cm³/mol. The lowest BCUT2D eigenvalue weighted by Gasteiger charge is -2.13. The van der Waals surface area contributed by atoms with Crippen molar-refractivity contribution in [3.63, 3.8) is 0 Å². The highest BCUT2D eigenvalue weighted by Crippen LogP contribution is 2.21. The van der Waals surface area contributed by atoms with E-state index in [2.05, 4.69) is 9.24 Å². The summed E-state index contributed by atoms with van der Waals surface area (Å²) in [6, 6.07) is 2.75. The first-order chi connectivity index (χ1) is 6.45. The van der Waals surface area contributed by atoms with Gasteiger partial charge in [-0.05, 0) is 22.9 Å². The van der Waals surface area contributed by atoms with Crippen molar-refractivity contribution in [2.24, 2.45) is 0 Å². The first-order valence-corrected chi connectivity index (χ1v) is 4.84. The maximum Gasteiger partial charge on any atom is 0.338 e. The van der Waals surface area contributed by atoms with Crippen LogP contribution < -0.4 is 5.30 Å². The van der Waals surface area contributed by atoms with E-state index in [-0.39, 0.29) is 11.5 Å². The Morgan fingerprint density at radius 2 is 2.07 bits per heavy atom. The van der Waals surface area contributed by atoms with Crippen LogP contribution >= 0.6 is 9.24 Å². The average molecular weight is 214 g/mol. The Balaban J connectivity index is 3.50. The van der Waals surface area contributed by atoms with E-state index >= 15 is 0 Å². The summed E-state index contributed by atoms with van der Waals surface area (Å²) >= 11 is 0. The van der Waals surface area contributed by atoms with E-state index < -0.39 is 11.8 Å². The van der Waals surface area contributed by atoms with Gasteiger partial charge in [-0.3, -0.25) is 0 Å². The minimum absolute atomic E-state index is 0.00991. The molecule has 1 aromatic rings. The van der Waals surface area contributed by atoms with Crippen LogP contribution in [0.1, 0.15) is 35.7 Å². The number of benzene rings is 1. The summed E-state index contributed by atoms with van der Waals surface area (Å²) in [5.74, 6) is -1.90. The Labute approximate surface area is 84.3 Å².